The van der Waals surface area contributed by atoms with Crippen LogP contribution in [0, 0.1) is 17.1 Å². The van der Waals surface area contributed by atoms with Crippen LogP contribution < -0.4 is 0 Å². The van der Waals surface area contributed by atoms with Crippen LogP contribution in [0.25, 0.3) is 0 Å². The van der Waals surface area contributed by atoms with Crippen molar-refractivity contribution in [1.82, 2.24) is 0 Å². The van der Waals surface area contributed by atoms with Gasteiger partial charge in [-0.15, -0.1) is 0 Å². The van der Waals surface area contributed by atoms with Crippen molar-refractivity contribution < 1.29 is 30.7 Å². The third kappa shape index (κ3) is 2.91. The van der Waals surface area contributed by atoms with E-state index >= 15 is 0 Å². The highest BCUT2D eigenvalue weighted by atomic mass is 19.4. The van der Waals surface area contributed by atoms with Gasteiger partial charge >= 0.3 is 12.4 Å². The van der Waals surface area contributed by atoms with E-state index in [1.165, 1.54) is 6.07 Å². The fourth-order valence-electron chi connectivity index (χ4n) is 1.29. The van der Waals surface area contributed by atoms with Gasteiger partial charge in [0, 0.05) is 0 Å². The third-order valence-corrected chi connectivity index (χ3v) is 2.03. The normalized spacial score (nSPS) is 12.3. The molecule has 0 unspecified atom stereocenters. The Morgan fingerprint density at radius 1 is 0.944 bits per heavy atom. The van der Waals surface area contributed by atoms with Gasteiger partial charge in [0.2, 0.25) is 0 Å². The molecule has 18 heavy (non-hydrogen) atoms. The lowest BCUT2D eigenvalue weighted by molar-refractivity contribution is -0.147. The van der Waals surface area contributed by atoms with Crippen molar-refractivity contribution in [1.29, 1.82) is 5.26 Å². The zero-order chi connectivity index (χ0) is 14.1. The molecule has 0 fully saturated rings. The summed E-state index contributed by atoms with van der Waals surface area (Å²) in [7, 11) is 0. The molecule has 0 amide bonds. The van der Waals surface area contributed by atoms with E-state index in [0.29, 0.717) is 0 Å². The predicted molar refractivity (Wildman–Crippen MR) is 45.7 cm³/mol. The second-order valence-electron chi connectivity index (χ2n) is 3.34. The molecule has 0 bridgehead atoms. The summed E-state index contributed by atoms with van der Waals surface area (Å²) in [6.45, 7) is 0. The van der Waals surface area contributed by atoms with E-state index < -0.39 is 41.3 Å². The van der Waals surface area contributed by atoms with Crippen LogP contribution in [-0.4, -0.2) is 0 Å². The van der Waals surface area contributed by atoms with E-state index in [2.05, 4.69) is 0 Å². The Balaban J connectivity index is 3.55. The molecule has 0 aliphatic heterocycles. The van der Waals surface area contributed by atoms with Crippen LogP contribution in [0.3, 0.4) is 0 Å². The Morgan fingerprint density at radius 3 is 1.61 bits per heavy atom. The monoisotopic (exact) mass is 271 g/mol. The number of nitriles is 1. The van der Waals surface area contributed by atoms with Crippen LogP contribution in [0.1, 0.15) is 16.7 Å². The minimum atomic E-state index is -5.25. The van der Waals surface area contributed by atoms with E-state index in [9.17, 15) is 30.7 Å². The van der Waals surface area contributed by atoms with Gasteiger partial charge in [-0.3, -0.25) is 0 Å². The van der Waals surface area contributed by atoms with E-state index in [1.54, 1.807) is 0 Å². The second kappa shape index (κ2) is 4.48. The SMILES string of the molecule is N#CCc1cc(C(F)(F)F)c(F)c(C(F)(F)F)c1. The standard InChI is InChI=1S/C10H4F7N/c11-8-6(9(12,13)14)3-5(1-2-18)4-7(8)10(15,16)17/h3-4H,1H2. The molecule has 1 rings (SSSR count). The largest absolute Gasteiger partial charge is 0.419 e. The fraction of sp³-hybridized carbons (Fsp3) is 0.300. The number of hydrogen-bond donors (Lipinski definition) is 0. The maximum Gasteiger partial charge on any atom is 0.419 e. The van der Waals surface area contributed by atoms with Crippen molar-refractivity contribution in [2.75, 3.05) is 0 Å². The lowest BCUT2D eigenvalue weighted by Crippen LogP contribution is -2.16. The van der Waals surface area contributed by atoms with E-state index in [4.69, 9.17) is 5.26 Å². The number of benzene rings is 1. The van der Waals surface area contributed by atoms with Crippen molar-refractivity contribution in [3.8, 4) is 6.07 Å². The van der Waals surface area contributed by atoms with Crippen LogP contribution in [0.4, 0.5) is 30.7 Å². The van der Waals surface area contributed by atoms with Crippen molar-refractivity contribution in [3.63, 3.8) is 0 Å². The average Bonchev–Trinajstić information content (AvgIpc) is 2.17. The number of nitrogens with zero attached hydrogens (tertiary/aromatic N) is 1. The summed E-state index contributed by atoms with van der Waals surface area (Å²) >= 11 is 0. The summed E-state index contributed by atoms with van der Waals surface area (Å²) in [5.74, 6) is -2.38. The third-order valence-electron chi connectivity index (χ3n) is 2.03. The van der Waals surface area contributed by atoms with Gasteiger partial charge in [-0.2, -0.15) is 31.6 Å². The number of rotatable bonds is 1. The quantitative estimate of drug-likeness (QED) is 0.710. The smallest absolute Gasteiger partial charge is 0.206 e. The van der Waals surface area contributed by atoms with Gasteiger partial charge in [0.25, 0.3) is 0 Å². The molecule has 0 saturated carbocycles. The Morgan fingerprint density at radius 2 is 1.33 bits per heavy atom. The fourth-order valence-corrected chi connectivity index (χ4v) is 1.29. The van der Waals surface area contributed by atoms with Gasteiger partial charge in [-0.05, 0) is 17.7 Å². The van der Waals surface area contributed by atoms with Crippen molar-refractivity contribution in [3.05, 3.63) is 34.6 Å². The maximum absolute atomic E-state index is 13.2. The minimum Gasteiger partial charge on any atom is -0.206 e. The maximum atomic E-state index is 13.2. The molecule has 8 heteroatoms. The zero-order valence-electron chi connectivity index (χ0n) is 8.45. The first-order valence-corrected chi connectivity index (χ1v) is 4.41. The molecule has 98 valence electrons. The van der Waals surface area contributed by atoms with Gasteiger partial charge in [-0.1, -0.05) is 0 Å². The van der Waals surface area contributed by atoms with E-state index in [1.807, 2.05) is 0 Å². The minimum absolute atomic E-state index is 0.202. The van der Waals surface area contributed by atoms with Crippen LogP contribution >= 0.6 is 0 Å². The molecule has 0 radical (unpaired) electrons. The van der Waals surface area contributed by atoms with Gasteiger partial charge in [0.1, 0.15) is 5.82 Å². The highest BCUT2D eigenvalue weighted by Gasteiger charge is 2.41. The Hall–Kier alpha value is -1.78. The molecular weight excluding hydrogens is 267 g/mol. The second-order valence-corrected chi connectivity index (χ2v) is 3.34. The first kappa shape index (κ1) is 14.3. The molecule has 1 aromatic rings. The first-order chi connectivity index (χ1) is 8.07. The van der Waals surface area contributed by atoms with Gasteiger partial charge < -0.3 is 0 Å². The average molecular weight is 271 g/mol. The molecule has 1 aromatic carbocycles. The summed E-state index contributed by atoms with van der Waals surface area (Å²) in [6.07, 6.45) is -11.2. The highest BCUT2D eigenvalue weighted by molar-refractivity contribution is 5.36. The lowest BCUT2D eigenvalue weighted by atomic mass is 10.0. The molecule has 0 heterocycles. The molecule has 0 atom stereocenters. The van der Waals surface area contributed by atoms with E-state index in [-0.39, 0.29) is 12.1 Å². The van der Waals surface area contributed by atoms with Crippen LogP contribution in [0.5, 0.6) is 0 Å². The summed E-state index contributed by atoms with van der Waals surface area (Å²) in [5, 5.41) is 8.27. The molecular formula is C10H4F7N. The van der Waals surface area contributed by atoms with Crippen LogP contribution in [0.15, 0.2) is 12.1 Å². The van der Waals surface area contributed by atoms with Crippen LogP contribution in [0.2, 0.25) is 0 Å². The molecule has 0 saturated heterocycles. The number of halogens is 7. The van der Waals surface area contributed by atoms with E-state index in [0.717, 1.165) is 0 Å². The number of hydrogen-bond acceptors (Lipinski definition) is 1. The van der Waals surface area contributed by atoms with Crippen molar-refractivity contribution >= 4 is 0 Å². The molecule has 0 aliphatic rings. The zero-order valence-corrected chi connectivity index (χ0v) is 8.45. The topological polar surface area (TPSA) is 23.8 Å². The van der Waals surface area contributed by atoms with Gasteiger partial charge in [-0.25, -0.2) is 4.39 Å². The molecule has 1 nitrogen and oxygen atoms in total. The highest BCUT2D eigenvalue weighted by Crippen LogP contribution is 2.39. The van der Waals surface area contributed by atoms with Gasteiger partial charge in [0.05, 0.1) is 23.6 Å². The lowest BCUT2D eigenvalue weighted by Gasteiger charge is -2.15. The predicted octanol–water partition coefficient (Wildman–Crippen LogP) is 3.93. The molecule has 0 spiro atoms. The first-order valence-electron chi connectivity index (χ1n) is 4.41. The summed E-state index contributed by atoms with van der Waals surface area (Å²) in [4.78, 5) is 0. The number of alkyl halides is 6. The Bertz CT molecular complexity index is 457. The van der Waals surface area contributed by atoms with Crippen molar-refractivity contribution in [2.24, 2.45) is 0 Å². The summed E-state index contributed by atoms with van der Waals surface area (Å²) in [6, 6.07) is 1.81. The van der Waals surface area contributed by atoms with Crippen molar-refractivity contribution in [2.45, 2.75) is 18.8 Å². The molecule has 0 aromatic heterocycles. The van der Waals surface area contributed by atoms with Gasteiger partial charge in [0.15, 0.2) is 0 Å². The Kier molecular flexibility index (Phi) is 3.55. The summed E-state index contributed by atoms with van der Waals surface area (Å²) in [5.41, 5.74) is -4.59. The Labute approximate surface area is 96.4 Å². The van der Waals surface area contributed by atoms with Crippen LogP contribution in [-0.2, 0) is 18.8 Å². The molecule has 0 N–H and O–H groups in total. The summed E-state index contributed by atoms with van der Waals surface area (Å²) < 4.78 is 87.2. The molecule has 0 aliphatic carbocycles.